The highest BCUT2D eigenvalue weighted by Crippen LogP contribution is 2.30. The van der Waals surface area contributed by atoms with Crippen molar-refractivity contribution in [3.05, 3.63) is 102 Å². The van der Waals surface area contributed by atoms with Crippen LogP contribution in [0.5, 0.6) is 5.75 Å². The lowest BCUT2D eigenvalue weighted by molar-refractivity contribution is -0.149. The van der Waals surface area contributed by atoms with Gasteiger partial charge in [0.25, 0.3) is 0 Å². The van der Waals surface area contributed by atoms with Gasteiger partial charge in [0.15, 0.2) is 11.7 Å². The minimum absolute atomic E-state index is 0.00217. The molecule has 3 aliphatic heterocycles. The smallest absolute Gasteiger partial charge is 0.305 e. The van der Waals surface area contributed by atoms with E-state index in [2.05, 4.69) is 63.1 Å². The third-order valence-electron chi connectivity index (χ3n) is 24.5. The molecule has 0 spiro atoms. The number of phenols is 1. The van der Waals surface area contributed by atoms with Gasteiger partial charge in [0.1, 0.15) is 78.3 Å². The summed E-state index contributed by atoms with van der Waals surface area (Å²) in [4.78, 5) is 262. The van der Waals surface area contributed by atoms with E-state index in [1.54, 1.807) is 74.8 Å². The Morgan fingerprint density at radius 2 is 1.07 bits per heavy atom. The van der Waals surface area contributed by atoms with Crippen LogP contribution in [0.15, 0.2) is 85.2 Å². The first kappa shape index (κ1) is 107. The van der Waals surface area contributed by atoms with Crippen LogP contribution in [0.25, 0.3) is 21.8 Å². The number of amides is 15. The maximum Gasteiger partial charge on any atom is 0.305 e. The number of nitrogens with two attached hydrogens (primary N) is 3. The van der Waals surface area contributed by atoms with Crippen LogP contribution in [-0.4, -0.2) is 307 Å². The highest BCUT2D eigenvalue weighted by molar-refractivity contribution is 8.00. The number of fused-ring (bicyclic) bond motifs is 4. The second-order valence-electron chi connectivity index (χ2n) is 35.0. The summed E-state index contributed by atoms with van der Waals surface area (Å²) in [5.74, 6) is -18.7. The number of thioether (sulfide) groups is 1. The number of phenolic OH excluding ortho intramolecular Hbond substituents is 1. The molecule has 0 radical (unpaired) electrons. The number of hydrogen-bond acceptors (Lipinski definition) is 22. The monoisotopic (exact) mass is 1880 g/mol. The molecule has 3 aliphatic rings. The van der Waals surface area contributed by atoms with Gasteiger partial charge in [-0.1, -0.05) is 102 Å². The van der Waals surface area contributed by atoms with Gasteiger partial charge >= 0.3 is 5.97 Å². The van der Waals surface area contributed by atoms with Crippen LogP contribution < -0.4 is 70.4 Å². The molecule has 3 aromatic carbocycles. The van der Waals surface area contributed by atoms with Gasteiger partial charge in [-0.05, 0) is 144 Å². The van der Waals surface area contributed by atoms with E-state index in [9.17, 15) is 58.5 Å². The van der Waals surface area contributed by atoms with Crippen LogP contribution in [0.4, 0.5) is 0 Å². The zero-order valence-electron chi connectivity index (χ0n) is 77.4. The first-order chi connectivity index (χ1) is 63.9. The number of likely N-dealkylation sites (N-methyl/N-ethyl adjacent to an activating group) is 3. The van der Waals surface area contributed by atoms with Gasteiger partial charge in [-0.25, -0.2) is 0 Å². The molecule has 8 rings (SSSR count). The zero-order valence-corrected chi connectivity index (χ0v) is 78.2. The quantitative estimate of drug-likeness (QED) is 0.0177. The van der Waals surface area contributed by atoms with E-state index in [1.165, 1.54) is 62.1 Å². The number of Topliss-reactive ketones (excluding diaryl/α,β-unsaturated/α-hetero) is 1. The molecule has 0 saturated carbocycles. The number of para-hydroxylation sites is 2. The molecule has 14 atom stereocenters. The third kappa shape index (κ3) is 30.4. The molecule has 732 valence electrons. The van der Waals surface area contributed by atoms with Gasteiger partial charge in [0.2, 0.25) is 88.6 Å². The van der Waals surface area contributed by atoms with Crippen LogP contribution in [0, 0.1) is 17.2 Å². The number of carbonyl (C=O) groups excluding carboxylic acids is 16. The second-order valence-corrected chi connectivity index (χ2v) is 36.0. The standard InChI is InChI=1S/C92H133N21O20S/c1-9-11-28-72-85(127)102-63(27-19-37-97-92(95)96)82(124)108-70(81(123)100-48-76(94)117)50-134-51-77(118)101-67(41-54-32-34-58(115)35-33-54)87(129)109(6)53(5)79(121)103-64(26-17-18-36-93)89(131)113-39-21-31-73(113)86(128)104-65(45-78(119)120)83(125)105-66(40-52(3)4)90(132)112-38-20-30-71(112)75(116)44-55(42-56-46-98-61-24-15-13-22-59(56)61)80(122)107-69(49-114)84(126)106-68(43-57-47-99-62-25-16-14-23-60(57)62)88(130)111(8)74(29-12-10-2)91(133)110(72)7/h13-16,22-25,32-35,46-47,52-53,55,63-74,98-99,114-115H,9-12,17-21,26-31,36-45,48-51,93H2,1-8H3,(H2,94,117)(H,100,123)(H,101,118)(H,102,127)(H,103,121)(H,104,128)(H,105,125)(H,106,126)(H,107,122)(H,108,124)(H,119,120)(H4,95,96,97)/t53-,55+,63-,64-,65-,66-,67-,68-,69-,70-,71-,72-,73-,74-/m0/s1. The number of nitrogens with zero attached hydrogens (tertiary/aromatic N) is 5. The largest absolute Gasteiger partial charge is 0.508 e. The Bertz CT molecular complexity index is 4970. The number of aromatic nitrogens is 2. The van der Waals surface area contributed by atoms with E-state index in [1.807, 2.05) is 13.8 Å². The number of unbranched alkanes of at least 4 members (excludes halogenated alkanes) is 3. The minimum Gasteiger partial charge on any atom is -0.508 e. The maximum atomic E-state index is 15.7. The molecule has 134 heavy (non-hydrogen) atoms. The number of aliphatic hydroxyl groups is 1. The van der Waals surface area contributed by atoms with Gasteiger partial charge in [0, 0.05) is 106 Å². The average molecular weight is 1890 g/mol. The second kappa shape index (κ2) is 52.1. The number of aromatic hydroxyl groups is 1. The number of carbonyl (C=O) groups is 17. The normalized spacial score (nSPS) is 24.4. The molecule has 0 aliphatic carbocycles. The van der Waals surface area contributed by atoms with E-state index < -0.39 is 228 Å². The first-order valence-electron chi connectivity index (χ1n) is 45.9. The molecule has 3 fully saturated rings. The van der Waals surface area contributed by atoms with Crippen LogP contribution >= 0.6 is 11.8 Å². The minimum atomic E-state index is -1.87. The van der Waals surface area contributed by atoms with Crippen molar-refractivity contribution in [3.63, 3.8) is 0 Å². The van der Waals surface area contributed by atoms with Crippen molar-refractivity contribution in [2.45, 2.75) is 248 Å². The molecule has 5 heterocycles. The van der Waals surface area contributed by atoms with Gasteiger partial charge < -0.3 is 120 Å². The summed E-state index contributed by atoms with van der Waals surface area (Å²) < 4.78 is 0. The van der Waals surface area contributed by atoms with Crippen LogP contribution in [0.1, 0.15) is 167 Å². The topological polar surface area (TPSA) is 621 Å². The van der Waals surface area contributed by atoms with Crippen molar-refractivity contribution < 1.29 is 96.8 Å². The Morgan fingerprint density at radius 3 is 1.68 bits per heavy atom. The molecule has 0 bridgehead atoms. The Hall–Kier alpha value is -12.7. The molecule has 0 unspecified atom stereocenters. The van der Waals surface area contributed by atoms with Crippen molar-refractivity contribution >= 4 is 140 Å². The molecule has 3 saturated heterocycles. The number of aliphatic carboxylic acids is 1. The number of H-pyrrole nitrogens is 2. The molecule has 22 N–H and O–H groups in total. The molecule has 41 nitrogen and oxygen atoms in total. The van der Waals surface area contributed by atoms with E-state index in [-0.39, 0.29) is 128 Å². The number of benzene rings is 3. The van der Waals surface area contributed by atoms with Crippen molar-refractivity contribution in [2.24, 2.45) is 29.0 Å². The van der Waals surface area contributed by atoms with Crippen molar-refractivity contribution in [2.75, 3.05) is 72.0 Å². The summed E-state index contributed by atoms with van der Waals surface area (Å²) in [5.41, 5.74) is 19.8. The Balaban J connectivity index is 1.19. The summed E-state index contributed by atoms with van der Waals surface area (Å²) in [6.45, 7) is 6.91. The SMILES string of the molecule is CCCC[C@H]1C(=O)N(C)[C@@H](CCCC)C(=O)N[C@@H](CCCNC(=N)N)C(=O)N[C@H](C(=O)NCC(N)=O)CSCC(=O)N[C@@H](Cc2ccc(O)cc2)C(=O)N(C)[C@@H](C)C(=O)N[C@@H](CCCCN)C(=O)N2CCC[C@H]2C(=O)N[C@@H](CC(=O)O)C(=O)N[C@@H](CC(C)C)C(=O)N2CCC[C@H]2C(=O)C[C@@H](Cc2c[nH]c3ccccc23)C(=O)N[C@@H](CO)C(=O)N[C@@H](Cc2c[nH]c3ccccc23)C(=O)N1C. The zero-order chi connectivity index (χ0) is 98.2. The highest BCUT2D eigenvalue weighted by atomic mass is 32.2. The number of hydrogen-bond donors (Lipinski definition) is 19. The van der Waals surface area contributed by atoms with Crippen molar-refractivity contribution in [1.82, 2.24) is 87.6 Å². The molecular weight excluding hydrogens is 1750 g/mol. The number of aromatic amines is 2. The molecule has 15 amide bonds. The number of aliphatic hydroxyl groups excluding tert-OH is 1. The lowest BCUT2D eigenvalue weighted by Gasteiger charge is -2.36. The van der Waals surface area contributed by atoms with E-state index in [0.717, 1.165) is 26.5 Å². The number of ketones is 1. The van der Waals surface area contributed by atoms with Crippen LogP contribution in [0.2, 0.25) is 0 Å². The Kier molecular flexibility index (Phi) is 41.4. The van der Waals surface area contributed by atoms with Crippen molar-refractivity contribution in [3.8, 4) is 5.75 Å². The molecular formula is C92H133N21O20S. The van der Waals surface area contributed by atoms with Crippen molar-refractivity contribution in [1.29, 1.82) is 5.41 Å². The highest BCUT2D eigenvalue weighted by Gasteiger charge is 2.46. The lowest BCUT2D eigenvalue weighted by Crippen LogP contribution is -2.61. The molecule has 5 aromatic rings. The van der Waals surface area contributed by atoms with E-state index in [0.29, 0.717) is 70.6 Å². The fraction of sp³-hybridized carbons (Fsp3) is 0.565. The van der Waals surface area contributed by atoms with Crippen LogP contribution in [0.3, 0.4) is 0 Å². The fourth-order valence-corrected chi connectivity index (χ4v) is 17.8. The van der Waals surface area contributed by atoms with Crippen LogP contribution in [-0.2, 0) is 101 Å². The summed E-state index contributed by atoms with van der Waals surface area (Å²) in [7, 11) is 3.99. The predicted molar refractivity (Wildman–Crippen MR) is 499 cm³/mol. The number of primary amides is 1. The van der Waals surface area contributed by atoms with E-state index >= 15 is 38.4 Å². The Morgan fingerprint density at radius 1 is 0.545 bits per heavy atom. The number of rotatable bonds is 28. The number of nitrogens with one attached hydrogen (secondary N) is 13. The predicted octanol–water partition coefficient (Wildman–Crippen LogP) is -0.0465. The van der Waals surface area contributed by atoms with Gasteiger partial charge in [-0.15, -0.1) is 11.8 Å². The number of guanidine groups is 1. The first-order valence-corrected chi connectivity index (χ1v) is 47.0. The number of carboxylic acid groups (broad SMARTS) is 1. The summed E-state index contributed by atoms with van der Waals surface area (Å²) in [6, 6.07) is 0.538. The summed E-state index contributed by atoms with van der Waals surface area (Å²) in [5, 5.41) is 67.4. The fourth-order valence-electron chi connectivity index (χ4n) is 17.0. The lowest BCUT2D eigenvalue weighted by atomic mass is 9.90. The summed E-state index contributed by atoms with van der Waals surface area (Å²) in [6.07, 6.45) is 3.75. The molecule has 2 aromatic heterocycles. The Labute approximate surface area is 782 Å². The van der Waals surface area contributed by atoms with Gasteiger partial charge in [-0.3, -0.25) is 86.9 Å². The van der Waals surface area contributed by atoms with Gasteiger partial charge in [0.05, 0.1) is 31.4 Å². The van der Waals surface area contributed by atoms with E-state index in [4.69, 9.17) is 22.6 Å². The summed E-state index contributed by atoms with van der Waals surface area (Å²) >= 11 is 0.783. The van der Waals surface area contributed by atoms with Gasteiger partial charge in [-0.2, -0.15) is 0 Å². The third-order valence-corrected chi connectivity index (χ3v) is 25.6. The maximum absolute atomic E-state index is 15.7. The average Bonchev–Trinajstić information content (AvgIpc) is 1.63. The number of carboxylic acids is 1. The molecule has 42 heteroatoms.